The van der Waals surface area contributed by atoms with Gasteiger partial charge in [0.2, 0.25) is 6.41 Å². The smallest absolute Gasteiger partial charge is 0.255 e. The number of nitrogens with one attached hydrogen (secondary N) is 2. The normalized spacial score (nSPS) is 19.8. The first kappa shape index (κ1) is 17.3. The molecule has 1 heterocycles. The molecule has 0 atom stereocenters. The molecule has 6 heteroatoms. The van der Waals surface area contributed by atoms with Crippen LogP contribution in [0.4, 0.5) is 5.69 Å². The number of rotatable bonds is 4. The first-order chi connectivity index (χ1) is 10.7. The number of phenols is 1. The van der Waals surface area contributed by atoms with Crippen LogP contribution in [0.5, 0.6) is 5.75 Å². The first-order valence-corrected chi connectivity index (χ1v) is 7.60. The molecule has 126 valence electrons. The van der Waals surface area contributed by atoms with E-state index in [4.69, 9.17) is 4.74 Å². The van der Waals surface area contributed by atoms with Crippen molar-refractivity contribution in [1.29, 1.82) is 0 Å². The summed E-state index contributed by atoms with van der Waals surface area (Å²) < 4.78 is 5.64. The van der Waals surface area contributed by atoms with E-state index in [0.29, 0.717) is 19.6 Å². The zero-order valence-corrected chi connectivity index (χ0v) is 14.0. The van der Waals surface area contributed by atoms with E-state index in [1.165, 1.54) is 12.1 Å². The fourth-order valence-corrected chi connectivity index (χ4v) is 3.31. The van der Waals surface area contributed by atoms with Gasteiger partial charge < -0.3 is 20.5 Å². The standard InChI is InChI=1S/C17H24N2O4/c1-16(2)8-23-9-17(3,4)15(16)19-14(22)11-6-5-7-12(13(11)21)18-10-20/h5-7,10,15,21H,8-9H2,1-4H3,(H,18,20)(H,19,22). The van der Waals surface area contributed by atoms with E-state index in [-0.39, 0.29) is 39.8 Å². The number of para-hydroxylation sites is 1. The molecule has 23 heavy (non-hydrogen) atoms. The van der Waals surface area contributed by atoms with Gasteiger partial charge in [0.05, 0.1) is 24.5 Å². The summed E-state index contributed by atoms with van der Waals surface area (Å²) in [6, 6.07) is 4.56. The minimum absolute atomic E-state index is 0.113. The molecule has 0 unspecified atom stereocenters. The van der Waals surface area contributed by atoms with Gasteiger partial charge in [-0.15, -0.1) is 0 Å². The highest BCUT2D eigenvalue weighted by atomic mass is 16.5. The second kappa shape index (κ2) is 6.20. The molecule has 0 spiro atoms. The largest absolute Gasteiger partial charge is 0.505 e. The number of carbonyl (C=O) groups is 2. The van der Waals surface area contributed by atoms with Crippen molar-refractivity contribution in [2.24, 2.45) is 10.8 Å². The summed E-state index contributed by atoms with van der Waals surface area (Å²) in [6.07, 6.45) is 0.460. The second-order valence-corrected chi connectivity index (χ2v) is 7.34. The predicted molar refractivity (Wildman–Crippen MR) is 87.4 cm³/mol. The van der Waals surface area contributed by atoms with Gasteiger partial charge in [-0.3, -0.25) is 9.59 Å². The molecule has 0 aliphatic carbocycles. The Kier molecular flexibility index (Phi) is 4.66. The average molecular weight is 320 g/mol. The van der Waals surface area contributed by atoms with Gasteiger partial charge in [-0.1, -0.05) is 33.8 Å². The Morgan fingerprint density at radius 3 is 2.43 bits per heavy atom. The molecule has 1 aromatic carbocycles. The summed E-state index contributed by atoms with van der Waals surface area (Å²) >= 11 is 0. The zero-order valence-electron chi connectivity index (χ0n) is 14.0. The Labute approximate surface area is 136 Å². The topological polar surface area (TPSA) is 87.7 Å². The number of amides is 2. The number of carbonyl (C=O) groups excluding carboxylic acids is 2. The van der Waals surface area contributed by atoms with Crippen molar-refractivity contribution < 1.29 is 19.4 Å². The Hall–Kier alpha value is -2.08. The van der Waals surface area contributed by atoms with Crippen LogP contribution in [0.3, 0.4) is 0 Å². The number of ether oxygens (including phenoxy) is 1. The van der Waals surface area contributed by atoms with Crippen LogP contribution in [0.2, 0.25) is 0 Å². The van der Waals surface area contributed by atoms with Crippen LogP contribution in [0, 0.1) is 10.8 Å². The van der Waals surface area contributed by atoms with Crippen LogP contribution in [-0.4, -0.2) is 36.7 Å². The Morgan fingerprint density at radius 2 is 1.87 bits per heavy atom. The number of phenolic OH excluding ortho intramolecular Hbond substituents is 1. The van der Waals surface area contributed by atoms with Crippen LogP contribution in [-0.2, 0) is 9.53 Å². The van der Waals surface area contributed by atoms with E-state index in [0.717, 1.165) is 0 Å². The van der Waals surface area contributed by atoms with Crippen LogP contribution in [0.25, 0.3) is 0 Å². The molecule has 0 aromatic heterocycles. The summed E-state index contributed by atoms with van der Waals surface area (Å²) in [5.74, 6) is -0.607. The quantitative estimate of drug-likeness (QED) is 0.586. The summed E-state index contributed by atoms with van der Waals surface area (Å²) in [5, 5.41) is 15.6. The second-order valence-electron chi connectivity index (χ2n) is 7.34. The van der Waals surface area contributed by atoms with E-state index in [1.807, 2.05) is 27.7 Å². The minimum atomic E-state index is -0.370. The zero-order chi connectivity index (χ0) is 17.3. The third-order valence-electron chi connectivity index (χ3n) is 4.28. The first-order valence-electron chi connectivity index (χ1n) is 7.60. The lowest BCUT2D eigenvalue weighted by atomic mass is 9.68. The van der Waals surface area contributed by atoms with Gasteiger partial charge in [-0.25, -0.2) is 0 Å². The van der Waals surface area contributed by atoms with Gasteiger partial charge in [-0.05, 0) is 12.1 Å². The molecule has 0 saturated carbocycles. The molecular formula is C17H24N2O4. The number of aromatic hydroxyl groups is 1. The third-order valence-corrected chi connectivity index (χ3v) is 4.28. The van der Waals surface area contributed by atoms with Crippen LogP contribution >= 0.6 is 0 Å². The van der Waals surface area contributed by atoms with Crippen molar-refractivity contribution in [1.82, 2.24) is 5.32 Å². The monoisotopic (exact) mass is 320 g/mol. The van der Waals surface area contributed by atoms with Crippen molar-refractivity contribution in [2.75, 3.05) is 18.5 Å². The summed E-state index contributed by atoms with van der Waals surface area (Å²) in [6.45, 7) is 9.29. The Balaban J connectivity index is 2.27. The average Bonchev–Trinajstić information content (AvgIpc) is 2.45. The molecule has 3 N–H and O–H groups in total. The lowest BCUT2D eigenvalue weighted by Crippen LogP contribution is -2.59. The molecule has 1 aliphatic heterocycles. The maximum Gasteiger partial charge on any atom is 0.255 e. The molecule has 0 radical (unpaired) electrons. The van der Waals surface area contributed by atoms with Crippen molar-refractivity contribution in [2.45, 2.75) is 33.7 Å². The highest BCUT2D eigenvalue weighted by Gasteiger charge is 2.45. The molecular weight excluding hydrogens is 296 g/mol. The summed E-state index contributed by atoms with van der Waals surface area (Å²) in [4.78, 5) is 23.2. The van der Waals surface area contributed by atoms with Crippen molar-refractivity contribution >= 4 is 18.0 Å². The summed E-state index contributed by atoms with van der Waals surface area (Å²) in [5.41, 5.74) is -0.120. The van der Waals surface area contributed by atoms with Crippen molar-refractivity contribution in [3.05, 3.63) is 23.8 Å². The number of anilines is 1. The molecule has 6 nitrogen and oxygen atoms in total. The summed E-state index contributed by atoms with van der Waals surface area (Å²) in [7, 11) is 0. The highest BCUT2D eigenvalue weighted by molar-refractivity contribution is 5.99. The lowest BCUT2D eigenvalue weighted by Gasteiger charge is -2.48. The van der Waals surface area contributed by atoms with Gasteiger partial charge in [0.15, 0.2) is 5.75 Å². The van der Waals surface area contributed by atoms with E-state index in [2.05, 4.69) is 10.6 Å². The number of hydrogen-bond donors (Lipinski definition) is 3. The van der Waals surface area contributed by atoms with Gasteiger partial charge >= 0.3 is 0 Å². The third kappa shape index (κ3) is 3.47. The predicted octanol–water partition coefficient (Wildman–Crippen LogP) is 2.14. The minimum Gasteiger partial charge on any atom is -0.505 e. The van der Waals surface area contributed by atoms with Gasteiger partial charge in [0, 0.05) is 16.9 Å². The van der Waals surface area contributed by atoms with Gasteiger partial charge in [0.25, 0.3) is 5.91 Å². The van der Waals surface area contributed by atoms with E-state index in [9.17, 15) is 14.7 Å². The van der Waals surface area contributed by atoms with Crippen molar-refractivity contribution in [3.63, 3.8) is 0 Å². The van der Waals surface area contributed by atoms with E-state index in [1.54, 1.807) is 6.07 Å². The fourth-order valence-electron chi connectivity index (χ4n) is 3.31. The fraction of sp³-hybridized carbons (Fsp3) is 0.529. The maximum absolute atomic E-state index is 12.6. The molecule has 1 fully saturated rings. The maximum atomic E-state index is 12.6. The molecule has 1 aliphatic rings. The van der Waals surface area contributed by atoms with Crippen LogP contribution in [0.1, 0.15) is 38.1 Å². The SMILES string of the molecule is CC1(C)COCC(C)(C)C1NC(=O)c1cccc(NC=O)c1O. The molecule has 1 saturated heterocycles. The molecule has 1 aromatic rings. The number of benzene rings is 1. The lowest BCUT2D eigenvalue weighted by molar-refractivity contribution is -0.105. The molecule has 0 bridgehead atoms. The Morgan fingerprint density at radius 1 is 1.26 bits per heavy atom. The van der Waals surface area contributed by atoms with Crippen molar-refractivity contribution in [3.8, 4) is 5.75 Å². The highest BCUT2D eigenvalue weighted by Crippen LogP contribution is 2.39. The van der Waals surface area contributed by atoms with Crippen LogP contribution in [0.15, 0.2) is 18.2 Å². The van der Waals surface area contributed by atoms with E-state index < -0.39 is 0 Å². The van der Waals surface area contributed by atoms with Gasteiger partial charge in [-0.2, -0.15) is 0 Å². The van der Waals surface area contributed by atoms with E-state index >= 15 is 0 Å². The number of hydrogen-bond acceptors (Lipinski definition) is 4. The van der Waals surface area contributed by atoms with Gasteiger partial charge in [0.1, 0.15) is 0 Å². The molecule has 2 rings (SSSR count). The Bertz CT molecular complexity index is 595. The molecule has 2 amide bonds. The van der Waals surface area contributed by atoms with Crippen LogP contribution < -0.4 is 10.6 Å².